The molecule has 0 aliphatic rings. The van der Waals surface area contributed by atoms with E-state index < -0.39 is 12.1 Å². The Morgan fingerprint density at radius 3 is 2.69 bits per heavy atom. The van der Waals surface area contributed by atoms with Gasteiger partial charge in [-0.15, -0.1) is 0 Å². The quantitative estimate of drug-likeness (QED) is 0.838. The molecule has 0 radical (unpaired) electrons. The van der Waals surface area contributed by atoms with Crippen LogP contribution in [0.25, 0.3) is 0 Å². The first kappa shape index (κ1) is 10.7. The van der Waals surface area contributed by atoms with E-state index >= 15 is 0 Å². The standard InChI is InChI=1S/C7H5BrClF2NO/c8-2-5-6(13)3(9)1-4(12-5)7(10)11/h1,7,13H,2H2. The van der Waals surface area contributed by atoms with Crippen LogP contribution in [-0.2, 0) is 5.33 Å². The van der Waals surface area contributed by atoms with E-state index in [2.05, 4.69) is 20.9 Å². The highest BCUT2D eigenvalue weighted by atomic mass is 79.9. The molecule has 0 amide bonds. The maximum atomic E-state index is 12.2. The second-order valence-corrected chi connectivity index (χ2v) is 3.23. The van der Waals surface area contributed by atoms with Gasteiger partial charge in [0.1, 0.15) is 5.69 Å². The van der Waals surface area contributed by atoms with Crippen molar-refractivity contribution < 1.29 is 13.9 Å². The molecule has 0 fully saturated rings. The van der Waals surface area contributed by atoms with Gasteiger partial charge in [-0.1, -0.05) is 27.5 Å². The lowest BCUT2D eigenvalue weighted by Gasteiger charge is -2.05. The zero-order valence-electron chi connectivity index (χ0n) is 6.27. The van der Waals surface area contributed by atoms with Crippen LogP contribution >= 0.6 is 27.5 Å². The molecular formula is C7H5BrClF2NO. The maximum Gasteiger partial charge on any atom is 0.280 e. The molecule has 6 heteroatoms. The number of pyridine rings is 1. The summed E-state index contributed by atoms with van der Waals surface area (Å²) in [5.41, 5.74) is -0.319. The SMILES string of the molecule is Oc1c(Cl)cc(C(F)F)nc1CBr. The maximum absolute atomic E-state index is 12.2. The highest BCUT2D eigenvalue weighted by Crippen LogP contribution is 2.31. The van der Waals surface area contributed by atoms with Crippen molar-refractivity contribution in [3.63, 3.8) is 0 Å². The van der Waals surface area contributed by atoms with Crippen LogP contribution in [0.2, 0.25) is 5.02 Å². The van der Waals surface area contributed by atoms with Crippen LogP contribution in [-0.4, -0.2) is 10.1 Å². The molecule has 1 rings (SSSR count). The Morgan fingerprint density at radius 1 is 1.62 bits per heavy atom. The topological polar surface area (TPSA) is 33.1 Å². The first-order chi connectivity index (χ1) is 6.06. The minimum atomic E-state index is -2.68. The highest BCUT2D eigenvalue weighted by Gasteiger charge is 2.15. The molecule has 1 aromatic rings. The lowest BCUT2D eigenvalue weighted by Crippen LogP contribution is -1.95. The van der Waals surface area contributed by atoms with E-state index in [4.69, 9.17) is 11.6 Å². The Balaban J connectivity index is 3.22. The molecule has 1 N–H and O–H groups in total. The summed E-state index contributed by atoms with van der Waals surface area (Å²) >= 11 is 8.50. The number of halogens is 4. The van der Waals surface area contributed by atoms with E-state index in [0.717, 1.165) is 6.07 Å². The zero-order chi connectivity index (χ0) is 10.0. The van der Waals surface area contributed by atoms with Gasteiger partial charge in [0.25, 0.3) is 6.43 Å². The fourth-order valence-electron chi connectivity index (χ4n) is 0.782. The van der Waals surface area contributed by atoms with Crippen LogP contribution < -0.4 is 0 Å². The van der Waals surface area contributed by atoms with Crippen molar-refractivity contribution in [2.45, 2.75) is 11.8 Å². The zero-order valence-corrected chi connectivity index (χ0v) is 8.61. The lowest BCUT2D eigenvalue weighted by atomic mass is 10.3. The second kappa shape index (κ2) is 4.19. The lowest BCUT2D eigenvalue weighted by molar-refractivity contribution is 0.145. The predicted octanol–water partition coefficient (Wildman–Crippen LogP) is 3.27. The summed E-state index contributed by atoms with van der Waals surface area (Å²) in [4.78, 5) is 3.52. The van der Waals surface area contributed by atoms with E-state index in [9.17, 15) is 13.9 Å². The van der Waals surface area contributed by atoms with E-state index in [-0.39, 0.29) is 21.8 Å². The number of alkyl halides is 3. The van der Waals surface area contributed by atoms with Crippen LogP contribution in [0.5, 0.6) is 5.75 Å². The Morgan fingerprint density at radius 2 is 2.23 bits per heavy atom. The Labute approximate surface area is 86.7 Å². The van der Waals surface area contributed by atoms with Crippen molar-refractivity contribution in [3.05, 3.63) is 22.5 Å². The van der Waals surface area contributed by atoms with Crippen LogP contribution in [0.15, 0.2) is 6.07 Å². The number of aromatic hydroxyl groups is 1. The van der Waals surface area contributed by atoms with E-state index in [1.165, 1.54) is 0 Å². The van der Waals surface area contributed by atoms with Gasteiger partial charge in [0, 0.05) is 5.33 Å². The van der Waals surface area contributed by atoms with Gasteiger partial charge in [0.15, 0.2) is 5.75 Å². The largest absolute Gasteiger partial charge is 0.505 e. The fourth-order valence-corrected chi connectivity index (χ4v) is 1.39. The predicted molar refractivity (Wildman–Crippen MR) is 48.5 cm³/mol. The van der Waals surface area contributed by atoms with Crippen LogP contribution in [0.4, 0.5) is 8.78 Å². The van der Waals surface area contributed by atoms with Crippen molar-refractivity contribution in [1.29, 1.82) is 0 Å². The van der Waals surface area contributed by atoms with Gasteiger partial charge in [0.2, 0.25) is 0 Å². The van der Waals surface area contributed by atoms with Gasteiger partial charge >= 0.3 is 0 Å². The summed E-state index contributed by atoms with van der Waals surface area (Å²) in [6, 6.07) is 0.952. The molecule has 0 aliphatic heterocycles. The van der Waals surface area contributed by atoms with Gasteiger partial charge in [-0.25, -0.2) is 13.8 Å². The Bertz CT molecular complexity index is 322. The third kappa shape index (κ3) is 2.28. The molecule has 72 valence electrons. The number of aromatic nitrogens is 1. The van der Waals surface area contributed by atoms with Gasteiger partial charge in [-0.2, -0.15) is 0 Å². The van der Waals surface area contributed by atoms with Crippen molar-refractivity contribution in [3.8, 4) is 5.75 Å². The third-order valence-electron chi connectivity index (χ3n) is 1.39. The van der Waals surface area contributed by atoms with Gasteiger partial charge in [0.05, 0.1) is 10.7 Å². The second-order valence-electron chi connectivity index (χ2n) is 2.26. The highest BCUT2D eigenvalue weighted by molar-refractivity contribution is 9.08. The van der Waals surface area contributed by atoms with E-state index in [0.29, 0.717) is 0 Å². The molecule has 0 unspecified atom stereocenters. The van der Waals surface area contributed by atoms with Crippen LogP contribution in [0.1, 0.15) is 17.8 Å². The first-order valence-corrected chi connectivity index (χ1v) is 4.78. The molecule has 2 nitrogen and oxygen atoms in total. The summed E-state index contributed by atoms with van der Waals surface area (Å²) in [5.74, 6) is -0.261. The average molecular weight is 272 g/mol. The molecule has 0 spiro atoms. The Hall–Kier alpha value is -0.420. The average Bonchev–Trinajstić information content (AvgIpc) is 2.09. The Kier molecular flexibility index (Phi) is 3.44. The molecule has 0 saturated heterocycles. The number of hydrogen-bond acceptors (Lipinski definition) is 2. The molecule has 0 bridgehead atoms. The number of rotatable bonds is 2. The molecule has 0 saturated carbocycles. The minimum Gasteiger partial charge on any atom is -0.505 e. The van der Waals surface area contributed by atoms with Crippen molar-refractivity contribution in [2.24, 2.45) is 0 Å². The molecule has 1 aromatic heterocycles. The number of hydrogen-bond donors (Lipinski definition) is 1. The number of nitrogens with zero attached hydrogens (tertiary/aromatic N) is 1. The van der Waals surface area contributed by atoms with Crippen molar-refractivity contribution >= 4 is 27.5 Å². The van der Waals surface area contributed by atoms with E-state index in [1.54, 1.807) is 0 Å². The van der Waals surface area contributed by atoms with Crippen LogP contribution in [0, 0.1) is 0 Å². The monoisotopic (exact) mass is 271 g/mol. The molecule has 0 aliphatic carbocycles. The third-order valence-corrected chi connectivity index (χ3v) is 2.21. The fraction of sp³-hybridized carbons (Fsp3) is 0.286. The summed E-state index contributed by atoms with van der Waals surface area (Å²) in [5, 5.41) is 9.30. The van der Waals surface area contributed by atoms with Crippen LogP contribution in [0.3, 0.4) is 0 Å². The minimum absolute atomic E-state index is 0.111. The van der Waals surface area contributed by atoms with Crippen molar-refractivity contribution in [2.75, 3.05) is 0 Å². The smallest absolute Gasteiger partial charge is 0.280 e. The summed E-state index contributed by atoms with van der Waals surface area (Å²) < 4.78 is 24.4. The molecule has 0 atom stereocenters. The van der Waals surface area contributed by atoms with E-state index in [1.807, 2.05) is 0 Å². The summed E-state index contributed by atoms with van der Waals surface area (Å²) in [7, 11) is 0. The van der Waals surface area contributed by atoms with Gasteiger partial charge in [-0.3, -0.25) is 0 Å². The normalized spacial score (nSPS) is 10.8. The first-order valence-electron chi connectivity index (χ1n) is 3.28. The van der Waals surface area contributed by atoms with Gasteiger partial charge in [-0.05, 0) is 6.07 Å². The summed E-state index contributed by atoms with van der Waals surface area (Å²) in [6.07, 6.45) is -2.68. The molecular weight excluding hydrogens is 267 g/mol. The molecule has 13 heavy (non-hydrogen) atoms. The summed E-state index contributed by atoms with van der Waals surface area (Å²) in [6.45, 7) is 0. The molecule has 1 heterocycles. The van der Waals surface area contributed by atoms with Gasteiger partial charge < -0.3 is 5.11 Å². The van der Waals surface area contributed by atoms with Crippen molar-refractivity contribution in [1.82, 2.24) is 4.98 Å². The molecule has 0 aromatic carbocycles.